The van der Waals surface area contributed by atoms with E-state index in [9.17, 15) is 0 Å². The van der Waals surface area contributed by atoms with Crippen molar-refractivity contribution in [2.75, 3.05) is 0 Å². The van der Waals surface area contributed by atoms with E-state index in [1.807, 2.05) is 49.1 Å². The van der Waals surface area contributed by atoms with E-state index in [4.69, 9.17) is 0 Å². The lowest BCUT2D eigenvalue weighted by Crippen LogP contribution is -1.93. The van der Waals surface area contributed by atoms with Crippen LogP contribution in [0, 0.1) is 0 Å². The van der Waals surface area contributed by atoms with Gasteiger partial charge in [-0.25, -0.2) is 0 Å². The van der Waals surface area contributed by atoms with Crippen molar-refractivity contribution in [1.82, 2.24) is 29.9 Å². The van der Waals surface area contributed by atoms with E-state index in [-0.39, 0.29) is 0 Å². The first-order valence-electron chi connectivity index (χ1n) is 17.7. The molecule has 9 rings (SSSR count). The van der Waals surface area contributed by atoms with E-state index in [0.717, 1.165) is 89.3 Å². The smallest absolute Gasteiger partial charge is 0.0885 e. The van der Waals surface area contributed by atoms with Crippen molar-refractivity contribution in [3.63, 3.8) is 0 Å². The molecule has 5 aromatic carbocycles. The molecule has 0 aliphatic heterocycles. The van der Waals surface area contributed by atoms with Crippen LogP contribution in [0.1, 0.15) is 0 Å². The normalized spacial score (nSPS) is 11.0. The highest BCUT2D eigenvalue weighted by Gasteiger charge is 2.17. The molecule has 4 heterocycles. The van der Waals surface area contributed by atoms with Crippen LogP contribution in [-0.2, 0) is 0 Å². The minimum absolute atomic E-state index is 0.838. The Morgan fingerprint density at radius 2 is 0.500 bits per heavy atom. The summed E-state index contributed by atoms with van der Waals surface area (Å²) in [5, 5.41) is 0. The standard InChI is InChI=1S/C48H32N6/c1-5-37(6-2-33(1)35-17-21-49-22-18-35)43-29-44(38-7-3-34(4-8-38)36-19-23-50-24-20-36)46(40-11-15-42(16-12-40)48-32-52-26-28-54-48)30-45(43)39-9-13-41(14-10-39)47-31-51-25-27-53-47/h1-32H. The molecule has 6 heteroatoms. The summed E-state index contributed by atoms with van der Waals surface area (Å²) < 4.78 is 0. The molecule has 254 valence electrons. The van der Waals surface area contributed by atoms with Crippen molar-refractivity contribution in [2.45, 2.75) is 0 Å². The molecule has 0 aliphatic carbocycles. The molecule has 0 unspecified atom stereocenters. The van der Waals surface area contributed by atoms with Gasteiger partial charge in [-0.1, -0.05) is 97.1 Å². The van der Waals surface area contributed by atoms with Crippen molar-refractivity contribution in [2.24, 2.45) is 0 Å². The minimum Gasteiger partial charge on any atom is -0.265 e. The Morgan fingerprint density at radius 3 is 0.796 bits per heavy atom. The highest BCUT2D eigenvalue weighted by atomic mass is 14.8. The van der Waals surface area contributed by atoms with Gasteiger partial charge in [-0.2, -0.15) is 0 Å². The Labute approximate surface area is 313 Å². The van der Waals surface area contributed by atoms with Gasteiger partial charge in [0.05, 0.1) is 23.8 Å². The third-order valence-corrected chi connectivity index (χ3v) is 9.69. The monoisotopic (exact) mass is 692 g/mol. The van der Waals surface area contributed by atoms with E-state index in [0.29, 0.717) is 0 Å². The van der Waals surface area contributed by atoms with E-state index in [1.165, 1.54) is 0 Å². The number of hydrogen-bond donors (Lipinski definition) is 0. The van der Waals surface area contributed by atoms with Crippen LogP contribution in [0.3, 0.4) is 0 Å². The Balaban J connectivity index is 1.23. The van der Waals surface area contributed by atoms with Crippen LogP contribution in [0.4, 0.5) is 0 Å². The van der Waals surface area contributed by atoms with E-state index in [2.05, 4.69) is 139 Å². The van der Waals surface area contributed by atoms with Gasteiger partial charge in [-0.3, -0.25) is 29.9 Å². The Bertz CT molecular complexity index is 2260. The third-order valence-electron chi connectivity index (χ3n) is 9.69. The summed E-state index contributed by atoms with van der Waals surface area (Å²) in [6.07, 6.45) is 17.7. The molecule has 6 nitrogen and oxygen atoms in total. The SMILES string of the molecule is c1cc(-c2ccc(-c3cc(-c4ccc(-c5ccncc5)cc4)c(-c4ccc(-c5cnccn5)cc4)cc3-c3ccc(-c4cnccn4)cc3)cc2)ccn1. The van der Waals surface area contributed by atoms with Gasteiger partial charge < -0.3 is 0 Å². The molecule has 54 heavy (non-hydrogen) atoms. The summed E-state index contributed by atoms with van der Waals surface area (Å²) >= 11 is 0. The Kier molecular flexibility index (Phi) is 8.81. The predicted molar refractivity (Wildman–Crippen MR) is 217 cm³/mol. The molecule has 0 fully saturated rings. The van der Waals surface area contributed by atoms with Gasteiger partial charge in [-0.15, -0.1) is 0 Å². The van der Waals surface area contributed by atoms with E-state index < -0.39 is 0 Å². The number of hydrogen-bond acceptors (Lipinski definition) is 6. The number of aromatic nitrogens is 6. The van der Waals surface area contributed by atoms with Crippen molar-refractivity contribution < 1.29 is 0 Å². The summed E-state index contributed by atoms with van der Waals surface area (Å²) in [6, 6.07) is 47.7. The number of benzene rings is 5. The summed E-state index contributed by atoms with van der Waals surface area (Å²) in [5.74, 6) is 0. The first kappa shape index (κ1) is 32.5. The second-order valence-electron chi connectivity index (χ2n) is 12.9. The van der Waals surface area contributed by atoms with Crippen molar-refractivity contribution in [1.29, 1.82) is 0 Å². The fourth-order valence-electron chi connectivity index (χ4n) is 6.87. The van der Waals surface area contributed by atoms with Crippen molar-refractivity contribution in [3.05, 3.63) is 195 Å². The second-order valence-corrected chi connectivity index (χ2v) is 12.9. The van der Waals surface area contributed by atoms with Gasteiger partial charge in [0, 0.05) is 60.7 Å². The van der Waals surface area contributed by atoms with Gasteiger partial charge >= 0.3 is 0 Å². The van der Waals surface area contributed by atoms with Gasteiger partial charge in [0.15, 0.2) is 0 Å². The highest BCUT2D eigenvalue weighted by Crippen LogP contribution is 2.43. The van der Waals surface area contributed by atoms with Crippen molar-refractivity contribution in [3.8, 4) is 89.3 Å². The fourth-order valence-corrected chi connectivity index (χ4v) is 6.87. The topological polar surface area (TPSA) is 77.3 Å². The number of pyridine rings is 2. The molecule has 0 saturated carbocycles. The lowest BCUT2D eigenvalue weighted by Gasteiger charge is -2.19. The molecule has 0 spiro atoms. The maximum absolute atomic E-state index is 4.53. The molecule has 0 amide bonds. The molecule has 4 aromatic heterocycles. The van der Waals surface area contributed by atoms with Gasteiger partial charge in [-0.05, 0) is 103 Å². The molecule has 0 aliphatic rings. The van der Waals surface area contributed by atoms with Crippen LogP contribution in [0.5, 0.6) is 0 Å². The molecule has 0 atom stereocenters. The van der Waals surface area contributed by atoms with Crippen LogP contribution >= 0.6 is 0 Å². The molecule has 0 bridgehead atoms. The minimum atomic E-state index is 0.838. The zero-order chi connectivity index (χ0) is 36.1. The zero-order valence-corrected chi connectivity index (χ0v) is 29.2. The van der Waals surface area contributed by atoms with Gasteiger partial charge in [0.1, 0.15) is 0 Å². The Hall–Kier alpha value is -7.44. The summed E-state index contributed by atoms with van der Waals surface area (Å²) in [4.78, 5) is 26.0. The van der Waals surface area contributed by atoms with Crippen LogP contribution in [0.2, 0.25) is 0 Å². The fraction of sp³-hybridized carbons (Fsp3) is 0. The second kappa shape index (κ2) is 14.7. The number of rotatable bonds is 8. The quantitative estimate of drug-likeness (QED) is 0.158. The first-order valence-corrected chi connectivity index (χ1v) is 17.7. The van der Waals surface area contributed by atoms with Crippen LogP contribution in [-0.4, -0.2) is 29.9 Å². The van der Waals surface area contributed by atoms with Gasteiger partial charge in [0.25, 0.3) is 0 Å². The summed E-state index contributed by atoms with van der Waals surface area (Å²) in [5.41, 5.74) is 17.2. The molecular formula is C48H32N6. The average molecular weight is 693 g/mol. The largest absolute Gasteiger partial charge is 0.265 e. The maximum Gasteiger partial charge on any atom is 0.0885 e. The van der Waals surface area contributed by atoms with Gasteiger partial charge in [0.2, 0.25) is 0 Å². The molecule has 9 aromatic rings. The van der Waals surface area contributed by atoms with Crippen molar-refractivity contribution >= 4 is 0 Å². The highest BCUT2D eigenvalue weighted by molar-refractivity contribution is 5.96. The number of nitrogens with zero attached hydrogens (tertiary/aromatic N) is 6. The lowest BCUT2D eigenvalue weighted by atomic mass is 9.84. The third kappa shape index (κ3) is 6.67. The maximum atomic E-state index is 4.53. The van der Waals surface area contributed by atoms with Crippen LogP contribution < -0.4 is 0 Å². The Morgan fingerprint density at radius 1 is 0.222 bits per heavy atom. The van der Waals surface area contributed by atoms with Crippen LogP contribution in [0.25, 0.3) is 89.3 Å². The lowest BCUT2D eigenvalue weighted by molar-refractivity contribution is 1.21. The predicted octanol–water partition coefficient (Wildman–Crippen LogP) is 11.4. The van der Waals surface area contributed by atoms with E-state index >= 15 is 0 Å². The summed E-state index contributed by atoms with van der Waals surface area (Å²) in [7, 11) is 0. The molecular weight excluding hydrogens is 661 g/mol. The first-order chi connectivity index (χ1) is 26.8. The molecule has 0 radical (unpaired) electrons. The van der Waals surface area contributed by atoms with Crippen LogP contribution in [0.15, 0.2) is 195 Å². The van der Waals surface area contributed by atoms with E-state index in [1.54, 1.807) is 37.2 Å². The molecule has 0 N–H and O–H groups in total. The zero-order valence-electron chi connectivity index (χ0n) is 29.2. The average Bonchev–Trinajstić information content (AvgIpc) is 3.27. The molecule has 0 saturated heterocycles. The summed E-state index contributed by atoms with van der Waals surface area (Å²) in [6.45, 7) is 0.